The van der Waals surface area contributed by atoms with Gasteiger partial charge in [0.2, 0.25) is 0 Å². The first-order valence-corrected chi connectivity index (χ1v) is 7.31. The lowest BCUT2D eigenvalue weighted by molar-refractivity contribution is 0.262. The Bertz CT molecular complexity index is 480. The summed E-state index contributed by atoms with van der Waals surface area (Å²) in [6.07, 6.45) is 5.18. The number of nitrogens with two attached hydrogens (primary N) is 1. The average Bonchev–Trinajstić information content (AvgIpc) is 2.96. The van der Waals surface area contributed by atoms with E-state index >= 15 is 0 Å². The molecule has 1 unspecified atom stereocenters. The topological polar surface area (TPSA) is 41.6 Å². The SMILES string of the molecule is Cc1cc(C)cc(C2CN=C(N)N2C2CCCC2)c1. The second-order valence-electron chi connectivity index (χ2n) is 5.98. The minimum absolute atomic E-state index is 0.349. The van der Waals surface area contributed by atoms with E-state index in [1.807, 2.05) is 0 Å². The molecule has 1 atom stereocenters. The maximum atomic E-state index is 6.14. The van der Waals surface area contributed by atoms with E-state index in [1.165, 1.54) is 42.4 Å². The lowest BCUT2D eigenvalue weighted by Gasteiger charge is -2.32. The molecule has 0 amide bonds. The predicted octanol–water partition coefficient (Wildman–Crippen LogP) is 2.92. The van der Waals surface area contributed by atoms with Crippen molar-refractivity contribution in [3.05, 3.63) is 34.9 Å². The molecular formula is C16H23N3. The van der Waals surface area contributed by atoms with Crippen LogP contribution in [0.5, 0.6) is 0 Å². The number of rotatable bonds is 2. The van der Waals surface area contributed by atoms with Crippen LogP contribution in [0.4, 0.5) is 0 Å². The summed E-state index contributed by atoms with van der Waals surface area (Å²) in [6.45, 7) is 5.14. The maximum absolute atomic E-state index is 6.14. The third kappa shape index (κ3) is 2.34. The van der Waals surface area contributed by atoms with E-state index in [4.69, 9.17) is 5.73 Å². The fourth-order valence-electron chi connectivity index (χ4n) is 3.60. The van der Waals surface area contributed by atoms with Crippen LogP contribution in [0.1, 0.15) is 48.4 Å². The normalized spacial score (nSPS) is 24.0. The summed E-state index contributed by atoms with van der Waals surface area (Å²) in [5, 5.41) is 0. The van der Waals surface area contributed by atoms with Crippen LogP contribution < -0.4 is 5.73 Å². The van der Waals surface area contributed by atoms with Crippen molar-refractivity contribution >= 4 is 5.96 Å². The highest BCUT2D eigenvalue weighted by Gasteiger charge is 2.34. The number of aryl methyl sites for hydroxylation is 2. The Morgan fingerprint density at radius 1 is 1.11 bits per heavy atom. The number of nitrogens with zero attached hydrogens (tertiary/aromatic N) is 2. The van der Waals surface area contributed by atoms with E-state index < -0.39 is 0 Å². The van der Waals surface area contributed by atoms with E-state index in [-0.39, 0.29) is 0 Å². The molecular weight excluding hydrogens is 234 g/mol. The van der Waals surface area contributed by atoms with Crippen molar-refractivity contribution < 1.29 is 0 Å². The van der Waals surface area contributed by atoms with Crippen molar-refractivity contribution in [2.75, 3.05) is 6.54 Å². The third-order valence-corrected chi connectivity index (χ3v) is 4.37. The molecule has 102 valence electrons. The summed E-state index contributed by atoms with van der Waals surface area (Å²) in [4.78, 5) is 6.88. The number of hydrogen-bond donors (Lipinski definition) is 1. The molecule has 0 spiro atoms. The Morgan fingerprint density at radius 2 is 1.74 bits per heavy atom. The summed E-state index contributed by atoms with van der Waals surface area (Å²) in [5.74, 6) is 0.746. The van der Waals surface area contributed by atoms with Gasteiger partial charge in [-0.25, -0.2) is 0 Å². The average molecular weight is 257 g/mol. The smallest absolute Gasteiger partial charge is 0.192 e. The minimum atomic E-state index is 0.349. The summed E-state index contributed by atoms with van der Waals surface area (Å²) >= 11 is 0. The van der Waals surface area contributed by atoms with Crippen molar-refractivity contribution in [2.45, 2.75) is 51.6 Å². The van der Waals surface area contributed by atoms with Crippen molar-refractivity contribution in [3.8, 4) is 0 Å². The highest BCUT2D eigenvalue weighted by molar-refractivity contribution is 5.80. The molecule has 1 saturated carbocycles. The fourth-order valence-corrected chi connectivity index (χ4v) is 3.60. The molecule has 3 nitrogen and oxygen atoms in total. The summed E-state index contributed by atoms with van der Waals surface area (Å²) in [7, 11) is 0. The van der Waals surface area contributed by atoms with Crippen molar-refractivity contribution in [3.63, 3.8) is 0 Å². The fraction of sp³-hybridized carbons (Fsp3) is 0.562. The Labute approximate surface area is 115 Å². The summed E-state index contributed by atoms with van der Waals surface area (Å²) in [6, 6.07) is 7.74. The van der Waals surface area contributed by atoms with Gasteiger partial charge in [-0.05, 0) is 32.3 Å². The van der Waals surface area contributed by atoms with E-state index in [9.17, 15) is 0 Å². The van der Waals surface area contributed by atoms with Gasteiger partial charge in [-0.3, -0.25) is 4.99 Å². The Balaban J connectivity index is 1.90. The van der Waals surface area contributed by atoms with Crippen molar-refractivity contribution in [1.29, 1.82) is 0 Å². The predicted molar refractivity (Wildman–Crippen MR) is 79.2 cm³/mol. The molecule has 2 aliphatic rings. The van der Waals surface area contributed by atoms with Crippen LogP contribution >= 0.6 is 0 Å². The highest BCUT2D eigenvalue weighted by Crippen LogP contribution is 2.34. The second-order valence-corrected chi connectivity index (χ2v) is 5.98. The number of hydrogen-bond acceptors (Lipinski definition) is 3. The van der Waals surface area contributed by atoms with Gasteiger partial charge in [0.1, 0.15) is 0 Å². The minimum Gasteiger partial charge on any atom is -0.370 e. The molecule has 0 saturated heterocycles. The van der Waals surface area contributed by atoms with Gasteiger partial charge < -0.3 is 10.6 Å². The van der Waals surface area contributed by atoms with Crippen molar-refractivity contribution in [2.24, 2.45) is 10.7 Å². The molecule has 0 bridgehead atoms. The lowest BCUT2D eigenvalue weighted by atomic mass is 9.99. The molecule has 1 aliphatic heterocycles. The molecule has 1 aromatic rings. The van der Waals surface area contributed by atoms with E-state index in [1.54, 1.807) is 0 Å². The van der Waals surface area contributed by atoms with Crippen LogP contribution in [0.25, 0.3) is 0 Å². The zero-order chi connectivity index (χ0) is 13.4. The van der Waals surface area contributed by atoms with Gasteiger partial charge in [0.15, 0.2) is 5.96 Å². The highest BCUT2D eigenvalue weighted by atomic mass is 15.3. The quantitative estimate of drug-likeness (QED) is 0.885. The Kier molecular flexibility index (Phi) is 3.21. The summed E-state index contributed by atoms with van der Waals surface area (Å²) < 4.78 is 0. The molecule has 1 heterocycles. The first-order chi connectivity index (χ1) is 9.15. The van der Waals surface area contributed by atoms with Gasteiger partial charge >= 0.3 is 0 Å². The third-order valence-electron chi connectivity index (χ3n) is 4.37. The van der Waals surface area contributed by atoms with Gasteiger partial charge in [-0.2, -0.15) is 0 Å². The first-order valence-electron chi connectivity index (χ1n) is 7.31. The van der Waals surface area contributed by atoms with Crippen LogP contribution in [-0.2, 0) is 0 Å². The first kappa shape index (κ1) is 12.5. The number of aliphatic imine (C=N–C) groups is 1. The molecule has 3 heteroatoms. The largest absolute Gasteiger partial charge is 0.370 e. The van der Waals surface area contributed by atoms with Gasteiger partial charge in [-0.1, -0.05) is 42.2 Å². The van der Waals surface area contributed by atoms with Gasteiger partial charge in [-0.15, -0.1) is 0 Å². The van der Waals surface area contributed by atoms with E-state index in [2.05, 4.69) is 41.9 Å². The molecule has 1 aromatic carbocycles. The second kappa shape index (κ2) is 4.87. The van der Waals surface area contributed by atoms with Crippen molar-refractivity contribution in [1.82, 2.24) is 4.90 Å². The van der Waals surface area contributed by atoms with Crippen LogP contribution in [0, 0.1) is 13.8 Å². The summed E-state index contributed by atoms with van der Waals surface area (Å²) in [5.41, 5.74) is 10.2. The van der Waals surface area contributed by atoms with Gasteiger partial charge in [0, 0.05) is 6.04 Å². The van der Waals surface area contributed by atoms with Crippen LogP contribution in [0.2, 0.25) is 0 Å². The van der Waals surface area contributed by atoms with E-state index in [0.29, 0.717) is 12.1 Å². The monoisotopic (exact) mass is 257 g/mol. The Hall–Kier alpha value is -1.51. The Morgan fingerprint density at radius 3 is 2.37 bits per heavy atom. The van der Waals surface area contributed by atoms with Crippen LogP contribution in [0.15, 0.2) is 23.2 Å². The molecule has 19 heavy (non-hydrogen) atoms. The zero-order valence-corrected chi connectivity index (χ0v) is 11.9. The van der Waals surface area contributed by atoms with Gasteiger partial charge in [0.05, 0.1) is 12.6 Å². The standard InChI is InChI=1S/C16H23N3/c1-11-7-12(2)9-13(8-11)15-10-18-16(17)19(15)14-5-3-4-6-14/h7-9,14-15H,3-6,10H2,1-2H3,(H2,17,18). The molecule has 1 aliphatic carbocycles. The van der Waals surface area contributed by atoms with Crippen LogP contribution in [0.3, 0.4) is 0 Å². The molecule has 0 aromatic heterocycles. The number of guanidine groups is 1. The van der Waals surface area contributed by atoms with Gasteiger partial charge in [0.25, 0.3) is 0 Å². The van der Waals surface area contributed by atoms with Crippen LogP contribution in [-0.4, -0.2) is 23.4 Å². The van der Waals surface area contributed by atoms with E-state index in [0.717, 1.165) is 12.5 Å². The molecule has 0 radical (unpaired) electrons. The molecule has 3 rings (SSSR count). The molecule has 1 fully saturated rings. The number of benzene rings is 1. The zero-order valence-electron chi connectivity index (χ0n) is 11.9. The maximum Gasteiger partial charge on any atom is 0.192 e. The lowest BCUT2D eigenvalue weighted by Crippen LogP contribution is -2.42. The molecule has 2 N–H and O–H groups in total.